The van der Waals surface area contributed by atoms with Gasteiger partial charge in [-0.25, -0.2) is 9.78 Å². The number of nitrogens with zero attached hydrogens (tertiary/aromatic N) is 4. The van der Waals surface area contributed by atoms with Gasteiger partial charge in [-0.3, -0.25) is 14.6 Å². The third-order valence-electron chi connectivity index (χ3n) is 9.78. The van der Waals surface area contributed by atoms with Gasteiger partial charge in [0.1, 0.15) is 11.9 Å². The van der Waals surface area contributed by atoms with Gasteiger partial charge in [0.05, 0.1) is 40.5 Å². The summed E-state index contributed by atoms with van der Waals surface area (Å²) >= 11 is 3.46. The maximum atomic E-state index is 13.6. The second-order valence-corrected chi connectivity index (χ2v) is 14.8. The number of allylic oxidation sites excluding steroid dienone is 1. The molecule has 250 valence electrons. The third kappa shape index (κ3) is 5.96. The molecule has 3 amide bonds. The summed E-state index contributed by atoms with van der Waals surface area (Å²) < 4.78 is 7.21. The van der Waals surface area contributed by atoms with Gasteiger partial charge < -0.3 is 24.8 Å². The molecular weight excluding hydrogens is 645 g/mol. The molecule has 3 atom stereocenters. The molecule has 0 saturated carbocycles. The van der Waals surface area contributed by atoms with Gasteiger partial charge in [-0.2, -0.15) is 0 Å². The van der Waals surface area contributed by atoms with E-state index in [1.54, 1.807) is 29.6 Å². The summed E-state index contributed by atoms with van der Waals surface area (Å²) in [6.07, 6.45) is 7.71. The monoisotopic (exact) mass is 684 g/mol. The Kier molecular flexibility index (Phi) is 8.95. The Morgan fingerprint density at radius 1 is 0.958 bits per heavy atom. The van der Waals surface area contributed by atoms with Crippen LogP contribution in [-0.2, 0) is 14.3 Å². The van der Waals surface area contributed by atoms with E-state index in [1.165, 1.54) is 33.2 Å². The van der Waals surface area contributed by atoms with E-state index in [0.717, 1.165) is 67.0 Å². The van der Waals surface area contributed by atoms with E-state index in [4.69, 9.17) is 14.7 Å². The number of H-pyrrole nitrogens is 1. The summed E-state index contributed by atoms with van der Waals surface area (Å²) in [5.41, 5.74) is 7.87. The molecule has 3 aliphatic rings. The Labute approximate surface area is 287 Å². The lowest BCUT2D eigenvalue weighted by molar-refractivity contribution is -0.135. The third-order valence-corrected chi connectivity index (χ3v) is 11.9. The first-order valence-corrected chi connectivity index (χ1v) is 18.3. The predicted molar refractivity (Wildman–Crippen MR) is 191 cm³/mol. The Morgan fingerprint density at radius 2 is 1.62 bits per heavy atom. The lowest BCUT2D eigenvalue weighted by Gasteiger charge is -2.30. The normalized spacial score (nSPS) is 20.0. The summed E-state index contributed by atoms with van der Waals surface area (Å²) in [4.78, 5) is 54.4. The number of aromatic nitrogens is 2. The Balaban J connectivity index is 1.05. The summed E-state index contributed by atoms with van der Waals surface area (Å²) in [5.74, 6) is 0.687. The van der Waals surface area contributed by atoms with Crippen LogP contribution in [0, 0.1) is 5.92 Å². The van der Waals surface area contributed by atoms with Crippen LogP contribution in [0.4, 0.5) is 4.79 Å². The summed E-state index contributed by atoms with van der Waals surface area (Å²) in [6, 6.07) is 8.00. The fourth-order valence-corrected chi connectivity index (χ4v) is 9.67. The second-order valence-electron chi connectivity index (χ2n) is 13.1. The van der Waals surface area contributed by atoms with Crippen molar-refractivity contribution in [1.82, 2.24) is 25.1 Å². The van der Waals surface area contributed by atoms with Gasteiger partial charge in [0.25, 0.3) is 0 Å². The number of likely N-dealkylation sites (tertiary alicyclic amines) is 2. The van der Waals surface area contributed by atoms with Crippen LogP contribution in [0.5, 0.6) is 0 Å². The number of rotatable bonds is 8. The maximum absolute atomic E-state index is 13.6. The largest absolute Gasteiger partial charge is 0.453 e. The Morgan fingerprint density at radius 3 is 2.33 bits per heavy atom. The minimum absolute atomic E-state index is 0.0864. The molecule has 2 fully saturated rings. The van der Waals surface area contributed by atoms with Gasteiger partial charge in [-0.1, -0.05) is 38.1 Å². The van der Waals surface area contributed by atoms with Gasteiger partial charge in [-0.05, 0) is 48.3 Å². The Bertz CT molecular complexity index is 1920. The number of methoxy groups -OCH3 is 1. The first-order valence-electron chi connectivity index (χ1n) is 16.6. The van der Waals surface area contributed by atoms with Crippen molar-refractivity contribution >= 4 is 61.3 Å². The van der Waals surface area contributed by atoms with Crippen LogP contribution in [0.3, 0.4) is 0 Å². The number of carbonyl (C=O) groups excluding carboxylic acids is 3. The molecule has 10 nitrogen and oxygen atoms in total. The van der Waals surface area contributed by atoms with Crippen LogP contribution in [0.2, 0.25) is 0 Å². The molecule has 48 heavy (non-hydrogen) atoms. The number of aromatic amines is 1. The molecule has 7 rings (SSSR count). The number of aliphatic imine (C=N–C) groups is 1. The zero-order chi connectivity index (χ0) is 33.5. The molecule has 6 heterocycles. The van der Waals surface area contributed by atoms with Gasteiger partial charge >= 0.3 is 6.09 Å². The second kappa shape index (κ2) is 13.3. The zero-order valence-electron chi connectivity index (χ0n) is 27.6. The number of thiophene rings is 2. The molecule has 0 aliphatic carbocycles. The quantitative estimate of drug-likeness (QED) is 0.203. The average Bonchev–Trinajstić information content (AvgIpc) is 3.91. The van der Waals surface area contributed by atoms with E-state index >= 15 is 0 Å². The average molecular weight is 685 g/mol. The molecule has 2 saturated heterocycles. The van der Waals surface area contributed by atoms with Crippen molar-refractivity contribution < 1.29 is 19.1 Å². The van der Waals surface area contributed by atoms with E-state index in [0.29, 0.717) is 6.54 Å². The summed E-state index contributed by atoms with van der Waals surface area (Å²) in [6.45, 7) is 6.92. The van der Waals surface area contributed by atoms with Crippen molar-refractivity contribution in [3.05, 3.63) is 58.8 Å². The van der Waals surface area contributed by atoms with Crippen molar-refractivity contribution in [2.75, 3.05) is 20.2 Å². The first kappa shape index (κ1) is 32.3. The van der Waals surface area contributed by atoms with E-state index in [2.05, 4.69) is 45.3 Å². The van der Waals surface area contributed by atoms with Crippen LogP contribution in [0.25, 0.3) is 37.4 Å². The van der Waals surface area contributed by atoms with Crippen LogP contribution >= 0.6 is 22.7 Å². The van der Waals surface area contributed by atoms with Crippen molar-refractivity contribution in [3.8, 4) is 22.4 Å². The molecule has 2 N–H and O–H groups in total. The van der Waals surface area contributed by atoms with Gasteiger partial charge in [0, 0.05) is 60.2 Å². The number of benzene rings is 1. The van der Waals surface area contributed by atoms with E-state index < -0.39 is 12.1 Å². The fourth-order valence-electron chi connectivity index (χ4n) is 7.22. The molecule has 4 aromatic rings. The summed E-state index contributed by atoms with van der Waals surface area (Å²) in [7, 11) is 1.30. The number of ether oxygens (including phenoxy) is 1. The highest BCUT2D eigenvalue weighted by atomic mass is 32.1. The van der Waals surface area contributed by atoms with Crippen LogP contribution in [0.15, 0.2) is 52.4 Å². The highest BCUT2D eigenvalue weighted by Gasteiger charge is 2.38. The van der Waals surface area contributed by atoms with Gasteiger partial charge in [0.2, 0.25) is 11.8 Å². The van der Waals surface area contributed by atoms with E-state index in [9.17, 15) is 14.4 Å². The molecular formula is C36H40N6O4S2. The molecule has 0 radical (unpaired) electrons. The number of imidazole rings is 1. The molecule has 0 bridgehead atoms. The Hall–Kier alpha value is -4.29. The molecule has 1 aromatic carbocycles. The van der Waals surface area contributed by atoms with Crippen molar-refractivity contribution in [1.29, 1.82) is 0 Å². The van der Waals surface area contributed by atoms with Crippen LogP contribution < -0.4 is 5.32 Å². The molecule has 3 aromatic heterocycles. The predicted octanol–water partition coefficient (Wildman–Crippen LogP) is 7.26. The number of fused-ring (bicyclic) bond motifs is 1. The minimum atomic E-state index is -0.668. The molecule has 0 spiro atoms. The van der Waals surface area contributed by atoms with Gasteiger partial charge in [-0.15, -0.1) is 22.7 Å². The number of alkyl carbamates (subject to hydrolysis) is 1. The minimum Gasteiger partial charge on any atom is -0.453 e. The number of amides is 3. The number of nitrogens with one attached hydrogen (secondary N) is 2. The van der Waals surface area contributed by atoms with Crippen LogP contribution in [-0.4, -0.2) is 75.7 Å². The standard InChI is InChI=1S/C36H40N6O4S2/c1-20(2)31(40-36(45)46-4)35(44)42-14-6-8-30(42)34-38-17-28(39-34)26-19-48-32-25(18-47-33(26)32)23-11-9-22(10-12-23)24-15-27(37-16-24)29-7-5-13-41(29)21(3)43/h9-12,16-20,29-31H,5-8,13-15H2,1-4H3,(H,38,39)(H,40,45)/t29-,30-,31-/m0/s1. The summed E-state index contributed by atoms with van der Waals surface area (Å²) in [5, 5.41) is 7.11. The maximum Gasteiger partial charge on any atom is 0.407 e. The van der Waals surface area contributed by atoms with E-state index in [1.807, 2.05) is 36.0 Å². The first-order chi connectivity index (χ1) is 23.2. The number of hydrogen-bond donors (Lipinski definition) is 2. The lowest BCUT2D eigenvalue weighted by atomic mass is 9.97. The lowest BCUT2D eigenvalue weighted by Crippen LogP contribution is -2.51. The highest BCUT2D eigenvalue weighted by Crippen LogP contribution is 2.44. The molecule has 0 unspecified atom stereocenters. The van der Waals surface area contributed by atoms with Gasteiger partial charge in [0.15, 0.2) is 0 Å². The van der Waals surface area contributed by atoms with Crippen molar-refractivity contribution in [2.45, 2.75) is 71.0 Å². The molecule has 12 heteroatoms. The van der Waals surface area contributed by atoms with Crippen molar-refractivity contribution in [3.63, 3.8) is 0 Å². The highest BCUT2D eigenvalue weighted by molar-refractivity contribution is 7.27. The smallest absolute Gasteiger partial charge is 0.407 e. The van der Waals surface area contributed by atoms with Crippen molar-refractivity contribution in [2.24, 2.45) is 10.9 Å². The zero-order valence-corrected chi connectivity index (χ0v) is 29.2. The number of carbonyl (C=O) groups is 3. The topological polar surface area (TPSA) is 120 Å². The fraction of sp³-hybridized carbons (Fsp3) is 0.417. The molecule has 3 aliphatic heterocycles. The SMILES string of the molecule is COC(=O)N[C@H](C(=O)N1CCC[C@H]1c1ncc(-c2csc3c(-c4ccc(C5=CN=C([C@@H]6CCCN6C(C)=O)C5)cc4)csc23)[nH]1)C(C)C. The van der Waals surface area contributed by atoms with E-state index in [-0.39, 0.29) is 29.8 Å². The van der Waals surface area contributed by atoms with Crippen LogP contribution in [0.1, 0.15) is 70.3 Å². The number of hydrogen-bond acceptors (Lipinski definition) is 8.